The molecule has 1 rings (SSSR count). The van der Waals surface area contributed by atoms with Crippen molar-refractivity contribution in [1.29, 1.82) is 0 Å². The number of methoxy groups -OCH3 is 1. The van der Waals surface area contributed by atoms with Crippen LogP contribution in [-0.4, -0.2) is 38.8 Å². The van der Waals surface area contributed by atoms with Crippen LogP contribution in [0.2, 0.25) is 0 Å². The lowest BCUT2D eigenvalue weighted by molar-refractivity contribution is 0.179. The van der Waals surface area contributed by atoms with E-state index in [4.69, 9.17) is 4.74 Å². The molecule has 1 unspecified atom stereocenters. The Bertz CT molecular complexity index is 494. The summed E-state index contributed by atoms with van der Waals surface area (Å²) >= 11 is 0. The van der Waals surface area contributed by atoms with Crippen LogP contribution in [0.15, 0.2) is 29.3 Å². The molecule has 2 N–H and O–H groups in total. The van der Waals surface area contributed by atoms with Crippen LogP contribution in [0.4, 0.5) is 4.39 Å². The lowest BCUT2D eigenvalue weighted by atomic mass is 9.84. The molecule has 0 aromatic heterocycles. The van der Waals surface area contributed by atoms with Gasteiger partial charge in [0.05, 0.1) is 13.2 Å². The average molecular weight is 437 g/mol. The molecular weight excluding hydrogens is 408 g/mol. The molecule has 1 aromatic carbocycles. The van der Waals surface area contributed by atoms with E-state index in [0.717, 1.165) is 12.5 Å². The summed E-state index contributed by atoms with van der Waals surface area (Å²) in [4.78, 5) is 4.60. The third-order valence-corrected chi connectivity index (χ3v) is 3.38. The molecular formula is C17H29FIN3O. The van der Waals surface area contributed by atoms with Crippen molar-refractivity contribution in [2.24, 2.45) is 4.99 Å². The normalized spacial score (nSPS) is 13.2. The van der Waals surface area contributed by atoms with Gasteiger partial charge in [-0.15, -0.1) is 24.0 Å². The van der Waals surface area contributed by atoms with Gasteiger partial charge in [0.1, 0.15) is 5.82 Å². The number of rotatable bonds is 7. The summed E-state index contributed by atoms with van der Waals surface area (Å²) in [6.07, 6.45) is 0. The molecule has 0 radical (unpaired) electrons. The maximum absolute atomic E-state index is 14.0. The number of aliphatic imine (C=N–C) groups is 1. The number of benzene rings is 1. The zero-order valence-corrected chi connectivity index (χ0v) is 17.0. The summed E-state index contributed by atoms with van der Waals surface area (Å²) in [7, 11) is 1.67. The average Bonchev–Trinajstić information content (AvgIpc) is 2.45. The monoisotopic (exact) mass is 437 g/mol. The quantitative estimate of drug-likeness (QED) is 0.391. The number of hydrogen-bond acceptors (Lipinski definition) is 2. The van der Waals surface area contributed by atoms with Gasteiger partial charge in [0.15, 0.2) is 5.96 Å². The Morgan fingerprint density at radius 3 is 2.57 bits per heavy atom. The highest BCUT2D eigenvalue weighted by Gasteiger charge is 2.23. The summed E-state index contributed by atoms with van der Waals surface area (Å²) in [5.74, 6) is 0.532. The number of halogens is 2. The number of hydrogen-bond donors (Lipinski definition) is 2. The summed E-state index contributed by atoms with van der Waals surface area (Å²) in [6.45, 7) is 9.89. The van der Waals surface area contributed by atoms with E-state index in [0.29, 0.717) is 18.7 Å². The van der Waals surface area contributed by atoms with Gasteiger partial charge in [-0.05, 0) is 25.5 Å². The predicted octanol–water partition coefficient (Wildman–Crippen LogP) is 3.31. The molecule has 0 saturated heterocycles. The maximum atomic E-state index is 14.0. The van der Waals surface area contributed by atoms with E-state index in [1.807, 2.05) is 39.8 Å². The fourth-order valence-corrected chi connectivity index (χ4v) is 2.22. The van der Waals surface area contributed by atoms with Crippen molar-refractivity contribution in [2.75, 3.05) is 26.8 Å². The molecule has 0 spiro atoms. The van der Waals surface area contributed by atoms with Crippen molar-refractivity contribution in [2.45, 2.75) is 39.2 Å². The van der Waals surface area contributed by atoms with Gasteiger partial charge in [-0.3, -0.25) is 4.99 Å². The van der Waals surface area contributed by atoms with Crippen molar-refractivity contribution in [3.8, 4) is 0 Å². The van der Waals surface area contributed by atoms with Gasteiger partial charge in [0.2, 0.25) is 0 Å². The molecule has 132 valence electrons. The number of guanidine groups is 1. The second-order valence-corrected chi connectivity index (χ2v) is 6.06. The zero-order valence-electron chi connectivity index (χ0n) is 14.6. The third-order valence-electron chi connectivity index (χ3n) is 3.38. The second-order valence-electron chi connectivity index (χ2n) is 6.06. The minimum Gasteiger partial charge on any atom is -0.383 e. The molecule has 0 fully saturated rings. The number of ether oxygens (including phenoxy) is 1. The van der Waals surface area contributed by atoms with Gasteiger partial charge in [-0.1, -0.05) is 32.0 Å². The maximum Gasteiger partial charge on any atom is 0.191 e. The topological polar surface area (TPSA) is 45.7 Å². The van der Waals surface area contributed by atoms with E-state index in [1.165, 1.54) is 6.07 Å². The lowest BCUT2D eigenvalue weighted by Crippen LogP contribution is -2.44. The molecule has 0 bridgehead atoms. The van der Waals surface area contributed by atoms with Crippen molar-refractivity contribution in [3.63, 3.8) is 0 Å². The summed E-state index contributed by atoms with van der Waals surface area (Å²) in [5.41, 5.74) is 0.303. The van der Waals surface area contributed by atoms with Crippen LogP contribution in [0.3, 0.4) is 0 Å². The van der Waals surface area contributed by atoms with Gasteiger partial charge >= 0.3 is 0 Å². The molecule has 4 nitrogen and oxygen atoms in total. The van der Waals surface area contributed by atoms with E-state index >= 15 is 0 Å². The van der Waals surface area contributed by atoms with Crippen LogP contribution < -0.4 is 10.6 Å². The van der Waals surface area contributed by atoms with E-state index in [2.05, 4.69) is 15.6 Å². The standard InChI is InChI=1S/C17H28FN3O.HI/c1-6-19-16(21-13(2)11-22-5)20-12-17(3,4)14-9-7-8-10-15(14)18;/h7-10,13H,6,11-12H2,1-5H3,(H2,19,20,21);1H. The van der Waals surface area contributed by atoms with Crippen molar-refractivity contribution < 1.29 is 9.13 Å². The summed E-state index contributed by atoms with van der Waals surface area (Å²) in [6, 6.07) is 7.02. The van der Waals surface area contributed by atoms with E-state index in [9.17, 15) is 4.39 Å². The first-order valence-electron chi connectivity index (χ1n) is 7.69. The molecule has 1 aromatic rings. The zero-order chi connectivity index (χ0) is 16.6. The lowest BCUT2D eigenvalue weighted by Gasteiger charge is -2.25. The van der Waals surface area contributed by atoms with Gasteiger partial charge < -0.3 is 15.4 Å². The van der Waals surface area contributed by atoms with E-state index in [-0.39, 0.29) is 41.3 Å². The first-order valence-corrected chi connectivity index (χ1v) is 7.69. The van der Waals surface area contributed by atoms with Crippen LogP contribution >= 0.6 is 24.0 Å². The first-order chi connectivity index (χ1) is 10.4. The van der Waals surface area contributed by atoms with Gasteiger partial charge in [-0.25, -0.2) is 4.39 Å². The van der Waals surface area contributed by atoms with Crippen LogP contribution in [0, 0.1) is 5.82 Å². The minimum absolute atomic E-state index is 0. The second kappa shape index (κ2) is 10.8. The third kappa shape index (κ3) is 7.48. The highest BCUT2D eigenvalue weighted by molar-refractivity contribution is 14.0. The highest BCUT2D eigenvalue weighted by Crippen LogP contribution is 2.25. The SMILES string of the molecule is CCNC(=NCC(C)(C)c1ccccc1F)NC(C)COC.I. The molecule has 0 saturated carbocycles. The van der Waals surface area contributed by atoms with Crippen molar-refractivity contribution in [1.82, 2.24) is 10.6 Å². The smallest absolute Gasteiger partial charge is 0.191 e. The van der Waals surface area contributed by atoms with Crippen molar-refractivity contribution >= 4 is 29.9 Å². The van der Waals surface area contributed by atoms with Crippen LogP contribution in [0.5, 0.6) is 0 Å². The van der Waals surface area contributed by atoms with Crippen LogP contribution in [-0.2, 0) is 10.2 Å². The molecule has 0 aliphatic rings. The summed E-state index contributed by atoms with van der Waals surface area (Å²) in [5, 5.41) is 6.48. The van der Waals surface area contributed by atoms with E-state index < -0.39 is 0 Å². The Labute approximate surface area is 156 Å². The fraction of sp³-hybridized carbons (Fsp3) is 0.588. The molecule has 23 heavy (non-hydrogen) atoms. The molecule has 0 aliphatic heterocycles. The van der Waals surface area contributed by atoms with Crippen LogP contribution in [0.25, 0.3) is 0 Å². The van der Waals surface area contributed by atoms with Gasteiger partial charge in [-0.2, -0.15) is 0 Å². The Balaban J connectivity index is 0.00000484. The van der Waals surface area contributed by atoms with Gasteiger partial charge in [0.25, 0.3) is 0 Å². The first kappa shape index (κ1) is 22.1. The molecule has 0 amide bonds. The Morgan fingerprint density at radius 2 is 2.00 bits per heavy atom. The Morgan fingerprint density at radius 1 is 1.35 bits per heavy atom. The molecule has 6 heteroatoms. The fourth-order valence-electron chi connectivity index (χ4n) is 2.22. The minimum atomic E-state index is -0.377. The Kier molecular flexibility index (Phi) is 10.4. The Hall–Kier alpha value is -0.890. The molecule has 1 atom stereocenters. The predicted molar refractivity (Wildman–Crippen MR) is 105 cm³/mol. The summed E-state index contributed by atoms with van der Waals surface area (Å²) < 4.78 is 19.1. The highest BCUT2D eigenvalue weighted by atomic mass is 127. The number of nitrogens with one attached hydrogen (secondary N) is 2. The molecule has 0 heterocycles. The number of nitrogens with zero attached hydrogens (tertiary/aromatic N) is 1. The van der Waals surface area contributed by atoms with Crippen molar-refractivity contribution in [3.05, 3.63) is 35.6 Å². The van der Waals surface area contributed by atoms with Crippen LogP contribution in [0.1, 0.15) is 33.3 Å². The van der Waals surface area contributed by atoms with Gasteiger partial charge in [0, 0.05) is 25.1 Å². The molecule has 0 aliphatic carbocycles. The van der Waals surface area contributed by atoms with E-state index in [1.54, 1.807) is 13.2 Å². The largest absolute Gasteiger partial charge is 0.383 e.